The lowest BCUT2D eigenvalue weighted by atomic mass is 10.1. The lowest BCUT2D eigenvalue weighted by Crippen LogP contribution is -2.27. The lowest BCUT2D eigenvalue weighted by Gasteiger charge is -2.20. The molecule has 1 atom stereocenters. The molecular formula is C14H19BrF2N2. The van der Waals surface area contributed by atoms with Crippen LogP contribution in [0.15, 0.2) is 16.6 Å². The number of hydrogen-bond donors (Lipinski definition) is 1. The van der Waals surface area contributed by atoms with Crippen LogP contribution in [0.5, 0.6) is 0 Å². The fraction of sp³-hybridized carbons (Fsp3) is 0.571. The third-order valence-corrected chi connectivity index (χ3v) is 4.08. The van der Waals surface area contributed by atoms with E-state index in [-0.39, 0.29) is 0 Å². The maximum atomic E-state index is 13.8. The predicted molar refractivity (Wildman–Crippen MR) is 77.5 cm³/mol. The van der Waals surface area contributed by atoms with E-state index in [0.29, 0.717) is 16.1 Å². The SMILES string of the molecule is CCCNCC1CCN(c2cc(Br)c(F)cc2F)C1. The van der Waals surface area contributed by atoms with E-state index >= 15 is 0 Å². The quantitative estimate of drug-likeness (QED) is 0.655. The lowest BCUT2D eigenvalue weighted by molar-refractivity contribution is 0.515. The van der Waals surface area contributed by atoms with Gasteiger partial charge in [-0.15, -0.1) is 0 Å². The summed E-state index contributed by atoms with van der Waals surface area (Å²) in [4.78, 5) is 2.00. The molecule has 106 valence electrons. The van der Waals surface area contributed by atoms with Crippen LogP contribution < -0.4 is 10.2 Å². The van der Waals surface area contributed by atoms with Crippen molar-refractivity contribution < 1.29 is 8.78 Å². The molecule has 2 rings (SSSR count). The van der Waals surface area contributed by atoms with Crippen molar-refractivity contribution in [3.05, 3.63) is 28.2 Å². The Morgan fingerprint density at radius 3 is 2.89 bits per heavy atom. The molecule has 0 spiro atoms. The van der Waals surface area contributed by atoms with Gasteiger partial charge in [0.05, 0.1) is 10.2 Å². The number of rotatable bonds is 5. The average molecular weight is 333 g/mol. The molecule has 1 N–H and O–H groups in total. The third-order valence-electron chi connectivity index (χ3n) is 3.48. The van der Waals surface area contributed by atoms with E-state index in [2.05, 4.69) is 28.2 Å². The molecule has 1 fully saturated rings. The van der Waals surface area contributed by atoms with Gasteiger partial charge < -0.3 is 10.2 Å². The first kappa shape index (κ1) is 14.7. The van der Waals surface area contributed by atoms with Gasteiger partial charge in [0.25, 0.3) is 0 Å². The number of benzene rings is 1. The molecule has 0 bridgehead atoms. The van der Waals surface area contributed by atoms with Crippen LogP contribution in [0, 0.1) is 17.6 Å². The summed E-state index contributed by atoms with van der Waals surface area (Å²) in [5, 5.41) is 3.39. The van der Waals surface area contributed by atoms with Crippen molar-refractivity contribution in [3.63, 3.8) is 0 Å². The zero-order chi connectivity index (χ0) is 13.8. The van der Waals surface area contributed by atoms with Crippen LogP contribution in [0.2, 0.25) is 0 Å². The zero-order valence-corrected chi connectivity index (χ0v) is 12.6. The number of anilines is 1. The molecular weight excluding hydrogens is 314 g/mol. The van der Waals surface area contributed by atoms with Crippen molar-refractivity contribution in [2.45, 2.75) is 19.8 Å². The van der Waals surface area contributed by atoms with Crippen LogP contribution in [0.25, 0.3) is 0 Å². The minimum Gasteiger partial charge on any atom is -0.369 e. The van der Waals surface area contributed by atoms with Crippen molar-refractivity contribution in [3.8, 4) is 0 Å². The highest BCUT2D eigenvalue weighted by atomic mass is 79.9. The summed E-state index contributed by atoms with van der Waals surface area (Å²) in [7, 11) is 0. The average Bonchev–Trinajstić information content (AvgIpc) is 2.83. The largest absolute Gasteiger partial charge is 0.369 e. The molecule has 5 heteroatoms. The van der Waals surface area contributed by atoms with E-state index < -0.39 is 11.6 Å². The van der Waals surface area contributed by atoms with Crippen molar-refractivity contribution >= 4 is 21.6 Å². The normalized spacial score (nSPS) is 19.2. The Bertz CT molecular complexity index is 440. The van der Waals surface area contributed by atoms with Gasteiger partial charge in [-0.25, -0.2) is 8.78 Å². The molecule has 0 aromatic heterocycles. The molecule has 1 aromatic carbocycles. The van der Waals surface area contributed by atoms with Crippen LogP contribution in [-0.4, -0.2) is 26.2 Å². The summed E-state index contributed by atoms with van der Waals surface area (Å²) in [5.74, 6) is -0.501. The summed E-state index contributed by atoms with van der Waals surface area (Å²) >= 11 is 3.11. The second kappa shape index (κ2) is 6.66. The van der Waals surface area contributed by atoms with Gasteiger partial charge in [-0.2, -0.15) is 0 Å². The van der Waals surface area contributed by atoms with Gasteiger partial charge >= 0.3 is 0 Å². The molecule has 0 amide bonds. The maximum Gasteiger partial charge on any atom is 0.149 e. The molecule has 1 aliphatic heterocycles. The molecule has 0 aliphatic carbocycles. The van der Waals surface area contributed by atoms with E-state index in [1.165, 1.54) is 6.07 Å². The molecule has 2 nitrogen and oxygen atoms in total. The highest BCUT2D eigenvalue weighted by Gasteiger charge is 2.24. The van der Waals surface area contributed by atoms with Crippen molar-refractivity contribution in [1.82, 2.24) is 5.32 Å². The molecule has 1 aromatic rings. The number of nitrogens with one attached hydrogen (secondary N) is 1. The number of hydrogen-bond acceptors (Lipinski definition) is 2. The number of halogens is 3. The van der Waals surface area contributed by atoms with Gasteiger partial charge in [0, 0.05) is 19.2 Å². The van der Waals surface area contributed by atoms with Crippen LogP contribution in [0.1, 0.15) is 19.8 Å². The topological polar surface area (TPSA) is 15.3 Å². The Kier molecular flexibility index (Phi) is 5.16. The van der Waals surface area contributed by atoms with E-state index in [4.69, 9.17) is 0 Å². The van der Waals surface area contributed by atoms with E-state index in [9.17, 15) is 8.78 Å². The Balaban J connectivity index is 1.99. The van der Waals surface area contributed by atoms with Crippen LogP contribution >= 0.6 is 15.9 Å². The molecule has 1 unspecified atom stereocenters. The molecule has 1 saturated heterocycles. The second-order valence-corrected chi connectivity index (χ2v) is 5.88. The summed E-state index contributed by atoms with van der Waals surface area (Å²) < 4.78 is 27.3. The smallest absolute Gasteiger partial charge is 0.149 e. The van der Waals surface area contributed by atoms with Gasteiger partial charge in [-0.3, -0.25) is 0 Å². The number of nitrogens with zero attached hydrogens (tertiary/aromatic N) is 1. The maximum absolute atomic E-state index is 13.8. The molecule has 1 heterocycles. The summed E-state index contributed by atoms with van der Waals surface area (Å²) in [6.45, 7) is 5.78. The van der Waals surface area contributed by atoms with Crippen LogP contribution in [0.3, 0.4) is 0 Å². The van der Waals surface area contributed by atoms with Gasteiger partial charge in [-0.05, 0) is 53.8 Å². The Morgan fingerprint density at radius 1 is 1.37 bits per heavy atom. The standard InChI is InChI=1S/C14H19BrF2N2/c1-2-4-18-8-10-3-5-19(9-10)14-6-11(15)12(16)7-13(14)17/h6-7,10,18H,2-5,8-9H2,1H3. The molecule has 19 heavy (non-hydrogen) atoms. The summed E-state index contributed by atoms with van der Waals surface area (Å²) in [5.41, 5.74) is 0.492. The van der Waals surface area contributed by atoms with Gasteiger partial charge in [0.2, 0.25) is 0 Å². The second-order valence-electron chi connectivity index (χ2n) is 5.02. The molecule has 0 saturated carbocycles. The predicted octanol–water partition coefficient (Wildman–Crippen LogP) is 3.55. The Hall–Kier alpha value is -0.680. The summed E-state index contributed by atoms with van der Waals surface area (Å²) in [6.07, 6.45) is 2.17. The molecule has 0 radical (unpaired) electrons. The fourth-order valence-corrected chi connectivity index (χ4v) is 2.79. The Morgan fingerprint density at radius 2 is 2.16 bits per heavy atom. The first-order valence-electron chi connectivity index (χ1n) is 6.72. The van der Waals surface area contributed by atoms with E-state index in [1.54, 1.807) is 0 Å². The van der Waals surface area contributed by atoms with Crippen LogP contribution in [-0.2, 0) is 0 Å². The third kappa shape index (κ3) is 3.66. The van der Waals surface area contributed by atoms with Gasteiger partial charge in [0.15, 0.2) is 0 Å². The van der Waals surface area contributed by atoms with Gasteiger partial charge in [-0.1, -0.05) is 6.92 Å². The van der Waals surface area contributed by atoms with Gasteiger partial charge in [0.1, 0.15) is 11.6 Å². The Labute approximate surface area is 121 Å². The highest BCUT2D eigenvalue weighted by molar-refractivity contribution is 9.10. The van der Waals surface area contributed by atoms with E-state index in [0.717, 1.165) is 45.1 Å². The van der Waals surface area contributed by atoms with Crippen molar-refractivity contribution in [2.75, 3.05) is 31.1 Å². The first-order valence-corrected chi connectivity index (χ1v) is 7.51. The highest BCUT2D eigenvalue weighted by Crippen LogP contribution is 2.30. The van der Waals surface area contributed by atoms with Crippen molar-refractivity contribution in [1.29, 1.82) is 0 Å². The summed E-state index contributed by atoms with van der Waals surface area (Å²) in [6, 6.07) is 2.48. The monoisotopic (exact) mass is 332 g/mol. The first-order chi connectivity index (χ1) is 9.11. The minimum atomic E-state index is -0.554. The fourth-order valence-electron chi connectivity index (χ4n) is 2.46. The van der Waals surface area contributed by atoms with Crippen molar-refractivity contribution in [2.24, 2.45) is 5.92 Å². The van der Waals surface area contributed by atoms with Crippen LogP contribution in [0.4, 0.5) is 14.5 Å². The minimum absolute atomic E-state index is 0.316. The zero-order valence-electron chi connectivity index (χ0n) is 11.1. The van der Waals surface area contributed by atoms with E-state index in [1.807, 2.05) is 4.90 Å². The molecule has 1 aliphatic rings.